The van der Waals surface area contributed by atoms with Crippen LogP contribution in [0.2, 0.25) is 0 Å². The van der Waals surface area contributed by atoms with Crippen LogP contribution in [0.4, 0.5) is 0 Å². The monoisotopic (exact) mass is 201 g/mol. The van der Waals surface area contributed by atoms with Crippen molar-refractivity contribution in [3.05, 3.63) is 0 Å². The lowest BCUT2D eigenvalue weighted by molar-refractivity contribution is 0.0375. The Kier molecular flexibility index (Phi) is 3.71. The largest absolute Gasteiger partial charge is 0.409 e. The molecule has 0 aliphatic carbocycles. The highest BCUT2D eigenvalue weighted by atomic mass is 16.4. The predicted molar refractivity (Wildman–Crippen MR) is 54.2 cm³/mol. The third-order valence-electron chi connectivity index (χ3n) is 2.76. The molecule has 4 N–H and O–H groups in total. The summed E-state index contributed by atoms with van der Waals surface area (Å²) in [5.74, 6) is 0.652. The molecule has 0 aromatic heterocycles. The Bertz CT molecular complexity index is 210. The molecule has 1 aliphatic rings. The molecule has 0 amide bonds. The minimum absolute atomic E-state index is 0.114. The molecular weight excluding hydrogens is 182 g/mol. The van der Waals surface area contributed by atoms with E-state index in [9.17, 15) is 5.11 Å². The molecular formula is C9H19N3O2. The number of amidine groups is 1. The Hall–Kier alpha value is -0.810. The number of hydrogen-bond donors (Lipinski definition) is 3. The van der Waals surface area contributed by atoms with Gasteiger partial charge in [-0.05, 0) is 19.3 Å². The number of piperidine rings is 1. The van der Waals surface area contributed by atoms with Crippen LogP contribution in [-0.4, -0.2) is 46.3 Å². The Morgan fingerprint density at radius 2 is 2.21 bits per heavy atom. The fourth-order valence-electron chi connectivity index (χ4n) is 1.95. The number of likely N-dealkylation sites (tertiary alicyclic amines) is 1. The summed E-state index contributed by atoms with van der Waals surface area (Å²) in [6, 6.07) is -0.114. The van der Waals surface area contributed by atoms with Crippen LogP contribution in [0.3, 0.4) is 0 Å². The van der Waals surface area contributed by atoms with Gasteiger partial charge in [0, 0.05) is 13.1 Å². The van der Waals surface area contributed by atoms with Crippen LogP contribution in [0.5, 0.6) is 0 Å². The molecule has 0 aromatic carbocycles. The van der Waals surface area contributed by atoms with Gasteiger partial charge in [-0.2, -0.15) is 0 Å². The van der Waals surface area contributed by atoms with Gasteiger partial charge in [0.2, 0.25) is 0 Å². The standard InChI is InChI=1S/C9H19N3O2/c1-6-3-8(13)5-12(4-6)7(2)9(10)11-14/h6-8,13-14H,3-5H2,1-2H3,(H2,10,11)/t6-,7?,8+/m0/s1. The van der Waals surface area contributed by atoms with Crippen LogP contribution in [0.1, 0.15) is 20.3 Å². The zero-order chi connectivity index (χ0) is 10.7. The van der Waals surface area contributed by atoms with Crippen LogP contribution in [-0.2, 0) is 0 Å². The van der Waals surface area contributed by atoms with Gasteiger partial charge in [0.1, 0.15) is 0 Å². The van der Waals surface area contributed by atoms with E-state index >= 15 is 0 Å². The van der Waals surface area contributed by atoms with Gasteiger partial charge in [0.25, 0.3) is 0 Å². The second-order valence-electron chi connectivity index (χ2n) is 4.15. The summed E-state index contributed by atoms with van der Waals surface area (Å²) in [7, 11) is 0. The second kappa shape index (κ2) is 4.61. The maximum Gasteiger partial charge on any atom is 0.156 e. The van der Waals surface area contributed by atoms with Crippen molar-refractivity contribution in [1.82, 2.24) is 4.90 Å². The highest BCUT2D eigenvalue weighted by molar-refractivity contribution is 5.84. The molecule has 5 heteroatoms. The number of β-amino-alcohol motifs (C(OH)–C–C–N with tert-alkyl or cyclic N) is 1. The number of rotatable bonds is 2. The molecule has 14 heavy (non-hydrogen) atoms. The minimum Gasteiger partial charge on any atom is -0.409 e. The molecule has 1 aliphatic heterocycles. The van der Waals surface area contributed by atoms with E-state index in [1.54, 1.807) is 0 Å². The summed E-state index contributed by atoms with van der Waals surface area (Å²) in [5.41, 5.74) is 5.51. The first kappa shape index (κ1) is 11.3. The van der Waals surface area contributed by atoms with Crippen LogP contribution >= 0.6 is 0 Å². The normalized spacial score (nSPS) is 32.9. The van der Waals surface area contributed by atoms with E-state index in [0.29, 0.717) is 12.5 Å². The molecule has 5 nitrogen and oxygen atoms in total. The van der Waals surface area contributed by atoms with E-state index in [0.717, 1.165) is 13.0 Å². The number of hydrogen-bond acceptors (Lipinski definition) is 4. The summed E-state index contributed by atoms with van der Waals surface area (Å²) < 4.78 is 0. The van der Waals surface area contributed by atoms with E-state index < -0.39 is 0 Å². The molecule has 0 spiro atoms. The van der Waals surface area contributed by atoms with Gasteiger partial charge >= 0.3 is 0 Å². The maximum absolute atomic E-state index is 9.57. The third-order valence-corrected chi connectivity index (χ3v) is 2.76. The zero-order valence-corrected chi connectivity index (χ0v) is 8.72. The topological polar surface area (TPSA) is 82.1 Å². The number of nitrogens with two attached hydrogens (primary N) is 1. The number of oxime groups is 1. The lowest BCUT2D eigenvalue weighted by Gasteiger charge is -2.37. The van der Waals surface area contributed by atoms with Gasteiger partial charge in [-0.3, -0.25) is 4.90 Å². The molecule has 82 valence electrons. The van der Waals surface area contributed by atoms with Crippen molar-refractivity contribution in [1.29, 1.82) is 0 Å². The summed E-state index contributed by atoms with van der Waals surface area (Å²) in [4.78, 5) is 2.04. The highest BCUT2D eigenvalue weighted by Gasteiger charge is 2.27. The maximum atomic E-state index is 9.57. The molecule has 0 radical (unpaired) electrons. The van der Waals surface area contributed by atoms with Gasteiger partial charge in [-0.1, -0.05) is 12.1 Å². The molecule has 1 fully saturated rings. The Morgan fingerprint density at radius 1 is 1.57 bits per heavy atom. The first-order chi connectivity index (χ1) is 6.54. The number of nitrogens with zero attached hydrogens (tertiary/aromatic N) is 2. The lowest BCUT2D eigenvalue weighted by atomic mass is 9.96. The van der Waals surface area contributed by atoms with E-state index in [-0.39, 0.29) is 18.0 Å². The van der Waals surface area contributed by atoms with Crippen molar-refractivity contribution in [2.24, 2.45) is 16.8 Å². The van der Waals surface area contributed by atoms with Gasteiger partial charge in [-0.25, -0.2) is 0 Å². The fourth-order valence-corrected chi connectivity index (χ4v) is 1.95. The van der Waals surface area contributed by atoms with Crippen molar-refractivity contribution < 1.29 is 10.3 Å². The smallest absolute Gasteiger partial charge is 0.156 e. The summed E-state index contributed by atoms with van der Waals surface area (Å²) >= 11 is 0. The van der Waals surface area contributed by atoms with Crippen LogP contribution in [0, 0.1) is 5.92 Å². The van der Waals surface area contributed by atoms with Crippen molar-refractivity contribution >= 4 is 5.84 Å². The molecule has 1 saturated heterocycles. The van der Waals surface area contributed by atoms with Gasteiger partial charge in [0.15, 0.2) is 5.84 Å². The van der Waals surface area contributed by atoms with Crippen LogP contribution in [0.15, 0.2) is 5.16 Å². The minimum atomic E-state index is -0.298. The van der Waals surface area contributed by atoms with Crippen molar-refractivity contribution in [2.75, 3.05) is 13.1 Å². The quantitative estimate of drug-likeness (QED) is 0.250. The molecule has 0 aromatic rings. The average Bonchev–Trinajstić information content (AvgIpc) is 2.14. The van der Waals surface area contributed by atoms with E-state index in [1.165, 1.54) is 0 Å². The second-order valence-corrected chi connectivity index (χ2v) is 4.15. The predicted octanol–water partition coefficient (Wildman–Crippen LogP) is -0.176. The Balaban J connectivity index is 2.59. The first-order valence-electron chi connectivity index (χ1n) is 4.94. The summed E-state index contributed by atoms with van der Waals surface area (Å²) in [6.07, 6.45) is 0.534. The van der Waals surface area contributed by atoms with Crippen molar-refractivity contribution in [3.8, 4) is 0 Å². The summed E-state index contributed by atoms with van der Waals surface area (Å²) in [6.45, 7) is 5.45. The van der Waals surface area contributed by atoms with Gasteiger partial charge in [-0.15, -0.1) is 0 Å². The molecule has 0 saturated carbocycles. The average molecular weight is 201 g/mol. The van der Waals surface area contributed by atoms with Crippen molar-refractivity contribution in [3.63, 3.8) is 0 Å². The number of aliphatic hydroxyl groups excluding tert-OH is 1. The molecule has 1 heterocycles. The zero-order valence-electron chi connectivity index (χ0n) is 8.72. The first-order valence-corrected chi connectivity index (χ1v) is 4.94. The Labute approximate surface area is 84.2 Å². The molecule has 3 atom stereocenters. The van der Waals surface area contributed by atoms with Crippen molar-refractivity contribution in [2.45, 2.75) is 32.4 Å². The summed E-state index contributed by atoms with van der Waals surface area (Å²) in [5, 5.41) is 21.1. The van der Waals surface area contributed by atoms with Crippen LogP contribution in [0.25, 0.3) is 0 Å². The van der Waals surface area contributed by atoms with E-state index in [1.807, 2.05) is 11.8 Å². The lowest BCUT2D eigenvalue weighted by Crippen LogP contribution is -2.51. The van der Waals surface area contributed by atoms with Gasteiger partial charge < -0.3 is 16.0 Å². The number of aliphatic hydroxyl groups is 1. The van der Waals surface area contributed by atoms with E-state index in [2.05, 4.69) is 12.1 Å². The van der Waals surface area contributed by atoms with Gasteiger partial charge in [0.05, 0.1) is 12.1 Å². The van der Waals surface area contributed by atoms with E-state index in [4.69, 9.17) is 10.9 Å². The Morgan fingerprint density at radius 3 is 2.71 bits per heavy atom. The third kappa shape index (κ3) is 2.59. The molecule has 1 rings (SSSR count). The van der Waals surface area contributed by atoms with Crippen LogP contribution < -0.4 is 5.73 Å². The SMILES string of the molecule is CC(/C(N)=N/O)N1C[C@@H](C)C[C@@H](O)C1. The molecule has 0 bridgehead atoms. The fraction of sp³-hybridized carbons (Fsp3) is 0.889. The highest BCUT2D eigenvalue weighted by Crippen LogP contribution is 2.18. The molecule has 1 unspecified atom stereocenters.